The van der Waals surface area contributed by atoms with E-state index in [0.717, 1.165) is 5.56 Å². The fraction of sp³-hybridized carbons (Fsp3) is 0.400. The molecule has 0 saturated carbocycles. The van der Waals surface area contributed by atoms with Gasteiger partial charge in [-0.1, -0.05) is 30.3 Å². The Kier molecular flexibility index (Phi) is 12.1. The highest BCUT2D eigenvalue weighted by atomic mass is 16.6. The first-order valence-electron chi connectivity index (χ1n) is 14.4. The predicted molar refractivity (Wildman–Crippen MR) is 161 cm³/mol. The van der Waals surface area contributed by atoms with Crippen molar-refractivity contribution in [1.29, 1.82) is 0 Å². The highest BCUT2D eigenvalue weighted by Gasteiger charge is 2.38. The fourth-order valence-electron chi connectivity index (χ4n) is 4.78. The van der Waals surface area contributed by atoms with Crippen LogP contribution < -0.4 is 21.3 Å². The Morgan fingerprint density at radius 3 is 2.22 bits per heavy atom. The number of nitro groups is 1. The number of nitro benzene ring substituents is 1. The number of imide groups is 1. The Labute approximate surface area is 258 Å². The molecule has 4 unspecified atom stereocenters. The SMILES string of the molecule is CC(NC(=O)CCC(=O)O)C(=O)NC(C)C(=O)N1CCCC1C(=O)NC(=O)C(Cc1ccccc1)Nc1ccc([N+](=O)[O-])cc1. The minimum absolute atomic E-state index is 0.119. The molecule has 1 saturated heterocycles. The molecule has 1 heterocycles. The lowest BCUT2D eigenvalue weighted by Gasteiger charge is -2.28. The van der Waals surface area contributed by atoms with Crippen LogP contribution in [0.1, 0.15) is 45.1 Å². The number of benzene rings is 2. The van der Waals surface area contributed by atoms with Crippen LogP contribution in [-0.4, -0.2) is 81.1 Å². The maximum atomic E-state index is 13.4. The molecule has 15 nitrogen and oxygen atoms in total. The van der Waals surface area contributed by atoms with Crippen LogP contribution in [0, 0.1) is 10.1 Å². The number of amides is 5. The molecule has 1 fully saturated rings. The molecule has 3 rings (SSSR count). The molecule has 1 aliphatic rings. The molecule has 15 heteroatoms. The van der Waals surface area contributed by atoms with Crippen LogP contribution in [0.5, 0.6) is 0 Å². The van der Waals surface area contributed by atoms with E-state index < -0.39 is 71.0 Å². The number of hydrogen-bond acceptors (Lipinski definition) is 9. The summed E-state index contributed by atoms with van der Waals surface area (Å²) in [6.45, 7) is 3.04. The van der Waals surface area contributed by atoms with Crippen molar-refractivity contribution in [3.05, 3.63) is 70.3 Å². The molecule has 2 aromatic carbocycles. The van der Waals surface area contributed by atoms with Gasteiger partial charge in [0.1, 0.15) is 24.2 Å². The molecule has 240 valence electrons. The molecule has 0 spiro atoms. The molecule has 2 aromatic rings. The number of carboxylic acids is 1. The maximum Gasteiger partial charge on any atom is 0.303 e. The van der Waals surface area contributed by atoms with Crippen LogP contribution in [0.4, 0.5) is 11.4 Å². The zero-order valence-corrected chi connectivity index (χ0v) is 24.9. The summed E-state index contributed by atoms with van der Waals surface area (Å²) >= 11 is 0. The number of nitrogens with one attached hydrogen (secondary N) is 4. The van der Waals surface area contributed by atoms with Gasteiger partial charge in [0.25, 0.3) is 5.69 Å². The zero-order valence-electron chi connectivity index (χ0n) is 24.9. The van der Waals surface area contributed by atoms with E-state index in [1.165, 1.54) is 43.0 Å². The van der Waals surface area contributed by atoms with Crippen LogP contribution in [0.15, 0.2) is 54.6 Å². The summed E-state index contributed by atoms with van der Waals surface area (Å²) in [7, 11) is 0. The minimum atomic E-state index is -1.15. The van der Waals surface area contributed by atoms with Gasteiger partial charge in [0, 0.05) is 37.2 Å². The number of rotatable bonds is 14. The van der Waals surface area contributed by atoms with Crippen LogP contribution in [-0.2, 0) is 35.2 Å². The van der Waals surface area contributed by atoms with Crippen molar-refractivity contribution in [1.82, 2.24) is 20.9 Å². The van der Waals surface area contributed by atoms with E-state index >= 15 is 0 Å². The number of carbonyl (C=O) groups is 6. The Bertz CT molecular complexity index is 1420. The van der Waals surface area contributed by atoms with Gasteiger partial charge in [-0.15, -0.1) is 0 Å². The molecule has 0 radical (unpaired) electrons. The second-order valence-electron chi connectivity index (χ2n) is 10.6. The summed E-state index contributed by atoms with van der Waals surface area (Å²) in [4.78, 5) is 86.7. The number of aliphatic carboxylic acids is 1. The normalized spacial score (nSPS) is 16.0. The second-order valence-corrected chi connectivity index (χ2v) is 10.6. The van der Waals surface area contributed by atoms with Gasteiger partial charge in [0.2, 0.25) is 29.5 Å². The molecule has 5 amide bonds. The van der Waals surface area contributed by atoms with Crippen molar-refractivity contribution in [3.63, 3.8) is 0 Å². The molecule has 0 aromatic heterocycles. The first-order valence-corrected chi connectivity index (χ1v) is 14.4. The summed E-state index contributed by atoms with van der Waals surface area (Å²) < 4.78 is 0. The molecule has 0 bridgehead atoms. The van der Waals surface area contributed by atoms with Crippen molar-refractivity contribution in [3.8, 4) is 0 Å². The number of nitrogens with zero attached hydrogens (tertiary/aromatic N) is 2. The number of non-ortho nitro benzene ring substituents is 1. The van der Waals surface area contributed by atoms with Crippen LogP contribution in [0.25, 0.3) is 0 Å². The Hall–Kier alpha value is -5.34. The van der Waals surface area contributed by atoms with Gasteiger partial charge in [0.15, 0.2) is 0 Å². The van der Waals surface area contributed by atoms with Gasteiger partial charge in [-0.05, 0) is 44.4 Å². The highest BCUT2D eigenvalue weighted by Crippen LogP contribution is 2.20. The van der Waals surface area contributed by atoms with Gasteiger partial charge < -0.3 is 26.0 Å². The predicted octanol–water partition coefficient (Wildman–Crippen LogP) is 1.13. The number of likely N-dealkylation sites (tertiary alicyclic amines) is 1. The van der Waals surface area contributed by atoms with E-state index in [-0.39, 0.29) is 25.1 Å². The molecule has 1 aliphatic heterocycles. The van der Waals surface area contributed by atoms with E-state index in [9.17, 15) is 38.9 Å². The fourth-order valence-corrected chi connectivity index (χ4v) is 4.78. The third kappa shape index (κ3) is 10.1. The average molecular weight is 625 g/mol. The molecular formula is C30H36N6O9. The lowest BCUT2D eigenvalue weighted by Crippen LogP contribution is -2.56. The highest BCUT2D eigenvalue weighted by molar-refractivity contribution is 6.03. The van der Waals surface area contributed by atoms with E-state index in [4.69, 9.17) is 5.11 Å². The zero-order chi connectivity index (χ0) is 33.1. The lowest BCUT2D eigenvalue weighted by atomic mass is 10.0. The average Bonchev–Trinajstić information content (AvgIpc) is 3.50. The monoisotopic (exact) mass is 624 g/mol. The van der Waals surface area contributed by atoms with E-state index in [0.29, 0.717) is 18.5 Å². The third-order valence-electron chi connectivity index (χ3n) is 7.17. The van der Waals surface area contributed by atoms with Gasteiger partial charge in [-0.3, -0.25) is 44.2 Å². The Morgan fingerprint density at radius 1 is 0.933 bits per heavy atom. The molecule has 5 N–H and O–H groups in total. The molecule has 45 heavy (non-hydrogen) atoms. The summed E-state index contributed by atoms with van der Waals surface area (Å²) in [5, 5.41) is 30.0. The van der Waals surface area contributed by atoms with Gasteiger partial charge in [-0.2, -0.15) is 0 Å². The quantitative estimate of drug-likeness (QED) is 0.149. The topological polar surface area (TPSA) is 217 Å². The molecular weight excluding hydrogens is 588 g/mol. The van der Waals surface area contributed by atoms with Gasteiger partial charge in [0.05, 0.1) is 11.3 Å². The van der Waals surface area contributed by atoms with Crippen LogP contribution in [0.2, 0.25) is 0 Å². The van der Waals surface area contributed by atoms with Crippen molar-refractivity contribution in [2.75, 3.05) is 11.9 Å². The summed E-state index contributed by atoms with van der Waals surface area (Å²) in [5.74, 6) is -4.35. The van der Waals surface area contributed by atoms with Crippen LogP contribution >= 0.6 is 0 Å². The number of carbonyl (C=O) groups excluding carboxylic acids is 5. The van der Waals surface area contributed by atoms with Gasteiger partial charge in [-0.25, -0.2) is 0 Å². The van der Waals surface area contributed by atoms with E-state index in [1.807, 2.05) is 18.2 Å². The first kappa shape index (κ1) is 34.2. The Morgan fingerprint density at radius 2 is 1.60 bits per heavy atom. The largest absolute Gasteiger partial charge is 0.481 e. The first-order chi connectivity index (χ1) is 21.3. The maximum absolute atomic E-state index is 13.4. The third-order valence-corrected chi connectivity index (χ3v) is 7.17. The number of hydrogen-bond donors (Lipinski definition) is 5. The summed E-state index contributed by atoms with van der Waals surface area (Å²) in [6, 6.07) is 10.6. The lowest BCUT2D eigenvalue weighted by molar-refractivity contribution is -0.384. The van der Waals surface area contributed by atoms with Crippen LogP contribution in [0.3, 0.4) is 0 Å². The molecule has 4 atom stereocenters. The second kappa shape index (κ2) is 15.9. The number of carboxylic acid groups (broad SMARTS) is 1. The summed E-state index contributed by atoms with van der Waals surface area (Å²) in [5.41, 5.74) is 1.11. The van der Waals surface area contributed by atoms with Gasteiger partial charge >= 0.3 is 5.97 Å². The molecule has 0 aliphatic carbocycles. The van der Waals surface area contributed by atoms with Crippen molar-refractivity contribution >= 4 is 46.9 Å². The van der Waals surface area contributed by atoms with Crippen molar-refractivity contribution < 1.29 is 38.8 Å². The minimum Gasteiger partial charge on any atom is -0.481 e. The summed E-state index contributed by atoms with van der Waals surface area (Å²) in [6.07, 6.45) is 0.276. The smallest absolute Gasteiger partial charge is 0.303 e. The van der Waals surface area contributed by atoms with Crippen molar-refractivity contribution in [2.24, 2.45) is 0 Å². The van der Waals surface area contributed by atoms with E-state index in [2.05, 4.69) is 21.3 Å². The van der Waals surface area contributed by atoms with E-state index in [1.54, 1.807) is 12.1 Å². The standard InChI is InChI=1S/C30H36N6O9/c1-18(31-25(37)14-15-26(38)39)27(40)32-19(2)30(43)35-16-6-9-24(35)29(42)34-28(41)23(17-20-7-4-3-5-8-20)33-21-10-12-22(13-11-21)36(44)45/h3-5,7-8,10-13,18-19,23-24,33H,6,9,14-17H2,1-2H3,(H,31,37)(H,32,40)(H,38,39)(H,34,41,42). The van der Waals surface area contributed by atoms with Crippen molar-refractivity contribution in [2.45, 2.75) is 70.1 Å². The Balaban J connectivity index is 1.63. The number of anilines is 1.